The number of phenols is 1. The number of hydrogen-bond acceptors (Lipinski definition) is 4. The molecule has 0 bridgehead atoms. The number of likely N-dealkylation sites (tertiary alicyclic amines) is 1. The number of aliphatic carboxylic acids is 2. The maximum atomic E-state index is 11.0. The molecule has 2 aliphatic rings. The van der Waals surface area contributed by atoms with E-state index < -0.39 is 18.1 Å². The van der Waals surface area contributed by atoms with Gasteiger partial charge in [0.1, 0.15) is 5.75 Å². The van der Waals surface area contributed by atoms with Crippen molar-refractivity contribution in [2.45, 2.75) is 25.6 Å². The van der Waals surface area contributed by atoms with Crippen molar-refractivity contribution in [1.29, 1.82) is 0 Å². The fourth-order valence-electron chi connectivity index (χ4n) is 3.71. The van der Waals surface area contributed by atoms with E-state index in [1.807, 2.05) is 0 Å². The van der Waals surface area contributed by atoms with Gasteiger partial charge in [0.15, 0.2) is 0 Å². The van der Waals surface area contributed by atoms with Crippen molar-refractivity contribution in [3.05, 3.63) is 27.7 Å². The number of carboxylic acids is 2. The average molecular weight is 444 g/mol. The Morgan fingerprint density at radius 2 is 1.61 bits per heavy atom. The van der Waals surface area contributed by atoms with E-state index in [0.717, 1.165) is 31.5 Å². The summed E-state index contributed by atoms with van der Waals surface area (Å²) in [7, 11) is 0. The molecule has 0 radical (unpaired) electrons. The minimum absolute atomic E-state index is 0.0848. The zero-order chi connectivity index (χ0) is 21.2. The van der Waals surface area contributed by atoms with Gasteiger partial charge in [0.2, 0.25) is 0 Å². The highest BCUT2D eigenvalue weighted by Gasteiger charge is 2.43. The Labute approximate surface area is 168 Å². The topological polar surface area (TPSA) is 98.1 Å². The first-order valence-electron chi connectivity index (χ1n) is 8.30. The van der Waals surface area contributed by atoms with Gasteiger partial charge in [0, 0.05) is 30.2 Å². The highest BCUT2D eigenvalue weighted by Crippen LogP contribution is 2.42. The van der Waals surface area contributed by atoms with Crippen LogP contribution < -0.4 is 0 Å². The maximum Gasteiger partial charge on any atom is 0.490 e. The highest BCUT2D eigenvalue weighted by molar-refractivity contribution is 6.35. The van der Waals surface area contributed by atoms with Crippen LogP contribution in [-0.2, 0) is 16.1 Å². The molecule has 1 unspecified atom stereocenters. The van der Waals surface area contributed by atoms with Gasteiger partial charge in [0.05, 0.1) is 10.9 Å². The fraction of sp³-hybridized carbons (Fsp3) is 0.529. The van der Waals surface area contributed by atoms with Crippen LogP contribution in [0.3, 0.4) is 0 Å². The number of benzene rings is 1. The molecule has 1 saturated heterocycles. The van der Waals surface area contributed by atoms with Crippen molar-refractivity contribution in [1.82, 2.24) is 4.90 Å². The lowest BCUT2D eigenvalue weighted by atomic mass is 10.0. The van der Waals surface area contributed by atoms with Crippen LogP contribution in [0.4, 0.5) is 13.2 Å². The number of carbonyl (C=O) groups is 2. The molecule has 0 amide bonds. The lowest BCUT2D eigenvalue weighted by Crippen LogP contribution is -2.23. The summed E-state index contributed by atoms with van der Waals surface area (Å²) in [6.45, 7) is 2.34. The van der Waals surface area contributed by atoms with E-state index in [1.165, 1.54) is 6.07 Å². The van der Waals surface area contributed by atoms with Crippen molar-refractivity contribution in [3.8, 4) is 5.75 Å². The number of nitrogens with zero attached hydrogens (tertiary/aromatic N) is 1. The van der Waals surface area contributed by atoms with E-state index in [-0.39, 0.29) is 16.7 Å². The van der Waals surface area contributed by atoms with Gasteiger partial charge in [-0.05, 0) is 36.8 Å². The van der Waals surface area contributed by atoms with Crippen LogP contribution in [0.2, 0.25) is 10.0 Å². The molecule has 1 aliphatic heterocycles. The first-order chi connectivity index (χ1) is 12.9. The molecule has 11 heteroatoms. The molecule has 1 aromatic rings. The predicted octanol–water partition coefficient (Wildman–Crippen LogP) is 3.87. The SMILES string of the molecule is O=C(O)C(F)(F)F.O=C(O)C1C[C@@H]2CN(Cc3cc(Cl)cc(Cl)c3O)C[C@@H]2C1. The van der Waals surface area contributed by atoms with Crippen molar-refractivity contribution in [2.75, 3.05) is 13.1 Å². The molecule has 3 rings (SSSR count). The zero-order valence-electron chi connectivity index (χ0n) is 14.4. The van der Waals surface area contributed by atoms with E-state index >= 15 is 0 Å². The summed E-state index contributed by atoms with van der Waals surface area (Å²) >= 11 is 11.9. The lowest BCUT2D eigenvalue weighted by Gasteiger charge is -2.19. The number of halogens is 5. The van der Waals surface area contributed by atoms with E-state index in [1.54, 1.807) is 6.07 Å². The summed E-state index contributed by atoms with van der Waals surface area (Å²) in [5, 5.41) is 27.0. The molecular weight excluding hydrogens is 426 g/mol. The fourth-order valence-corrected chi connectivity index (χ4v) is 4.24. The molecular formula is C17H18Cl2F3NO5. The van der Waals surface area contributed by atoms with Crippen molar-refractivity contribution in [2.24, 2.45) is 17.8 Å². The van der Waals surface area contributed by atoms with Crippen LogP contribution in [-0.4, -0.2) is 51.4 Å². The second-order valence-corrected chi connectivity index (χ2v) is 7.76. The molecule has 0 aromatic heterocycles. The molecule has 1 heterocycles. The number of rotatable bonds is 3. The molecule has 2 fully saturated rings. The van der Waals surface area contributed by atoms with E-state index in [4.69, 9.17) is 38.2 Å². The second-order valence-electron chi connectivity index (χ2n) is 6.92. The number of aromatic hydroxyl groups is 1. The van der Waals surface area contributed by atoms with Gasteiger partial charge >= 0.3 is 18.1 Å². The summed E-state index contributed by atoms with van der Waals surface area (Å²) in [5.41, 5.74) is 0.724. The number of alkyl halides is 3. The molecule has 3 N–H and O–H groups in total. The zero-order valence-corrected chi connectivity index (χ0v) is 15.9. The van der Waals surface area contributed by atoms with Gasteiger partial charge in [-0.3, -0.25) is 9.69 Å². The number of hydrogen-bond donors (Lipinski definition) is 3. The Kier molecular flexibility index (Phi) is 7.06. The largest absolute Gasteiger partial charge is 0.506 e. The highest BCUT2D eigenvalue weighted by atomic mass is 35.5. The number of phenolic OH excluding ortho intramolecular Hbond substituents is 1. The van der Waals surface area contributed by atoms with Crippen LogP contribution in [0.25, 0.3) is 0 Å². The summed E-state index contributed by atoms with van der Waals surface area (Å²) in [6, 6.07) is 3.26. The molecule has 0 spiro atoms. The molecule has 1 saturated carbocycles. The first-order valence-corrected chi connectivity index (χ1v) is 9.06. The van der Waals surface area contributed by atoms with E-state index in [2.05, 4.69) is 4.90 Å². The Bertz CT molecular complexity index is 745. The third-order valence-corrected chi connectivity index (χ3v) is 5.43. The van der Waals surface area contributed by atoms with Gasteiger partial charge in [0.25, 0.3) is 0 Å². The van der Waals surface area contributed by atoms with Gasteiger partial charge in [-0.25, -0.2) is 4.79 Å². The number of fused-ring (bicyclic) bond motifs is 1. The van der Waals surface area contributed by atoms with Gasteiger partial charge in [-0.2, -0.15) is 13.2 Å². The normalized spacial score (nSPS) is 24.4. The maximum absolute atomic E-state index is 11.0. The van der Waals surface area contributed by atoms with Crippen molar-refractivity contribution in [3.63, 3.8) is 0 Å². The Morgan fingerprint density at radius 1 is 1.11 bits per heavy atom. The van der Waals surface area contributed by atoms with Crippen LogP contribution in [0.5, 0.6) is 5.75 Å². The van der Waals surface area contributed by atoms with Crippen molar-refractivity contribution >= 4 is 35.1 Å². The standard InChI is InChI=1S/C15H17Cl2NO3.C2HF3O2/c16-12-3-11(14(19)13(17)4-12)7-18-5-9-1-8(15(20)21)2-10(9)6-18;3-2(4,5)1(6)7/h3-4,8-10,19H,1-2,5-7H2,(H,20,21);(H,6,7)/t8?,9-,10+;. The van der Waals surface area contributed by atoms with Crippen LogP contribution in [0.15, 0.2) is 12.1 Å². The minimum atomic E-state index is -5.08. The third-order valence-electron chi connectivity index (χ3n) is 4.92. The number of carboxylic acid groups (broad SMARTS) is 2. The predicted molar refractivity (Wildman–Crippen MR) is 94.4 cm³/mol. The lowest BCUT2D eigenvalue weighted by molar-refractivity contribution is -0.192. The quantitative estimate of drug-likeness (QED) is 0.655. The Balaban J connectivity index is 0.000000345. The van der Waals surface area contributed by atoms with Crippen LogP contribution >= 0.6 is 23.2 Å². The molecule has 3 atom stereocenters. The second kappa shape index (κ2) is 8.75. The van der Waals surface area contributed by atoms with E-state index in [9.17, 15) is 23.1 Å². The average Bonchev–Trinajstić information content (AvgIpc) is 3.10. The summed E-state index contributed by atoms with van der Waals surface area (Å²) in [5.74, 6) is -2.63. The molecule has 1 aromatic carbocycles. The van der Waals surface area contributed by atoms with Crippen LogP contribution in [0.1, 0.15) is 18.4 Å². The smallest absolute Gasteiger partial charge is 0.490 e. The molecule has 6 nitrogen and oxygen atoms in total. The monoisotopic (exact) mass is 443 g/mol. The van der Waals surface area contributed by atoms with Gasteiger partial charge < -0.3 is 15.3 Å². The Hall–Kier alpha value is -1.71. The minimum Gasteiger partial charge on any atom is -0.506 e. The Morgan fingerprint density at radius 3 is 2.04 bits per heavy atom. The van der Waals surface area contributed by atoms with Crippen molar-refractivity contribution < 1.29 is 38.1 Å². The third kappa shape index (κ3) is 5.65. The molecule has 1 aliphatic carbocycles. The van der Waals surface area contributed by atoms with Gasteiger partial charge in [-0.1, -0.05) is 23.2 Å². The summed E-state index contributed by atoms with van der Waals surface area (Å²) in [4.78, 5) is 22.2. The van der Waals surface area contributed by atoms with Crippen LogP contribution in [0, 0.1) is 17.8 Å². The molecule has 28 heavy (non-hydrogen) atoms. The van der Waals surface area contributed by atoms with Gasteiger partial charge in [-0.15, -0.1) is 0 Å². The first kappa shape index (κ1) is 22.6. The summed E-state index contributed by atoms with van der Waals surface area (Å²) < 4.78 is 31.7. The summed E-state index contributed by atoms with van der Waals surface area (Å²) in [6.07, 6.45) is -3.56. The molecule has 156 valence electrons. The van der Waals surface area contributed by atoms with E-state index in [0.29, 0.717) is 23.4 Å².